The minimum atomic E-state index is -1.02. The molecule has 1 N–H and O–H groups in total. The number of hydrogen-bond donors (Lipinski definition) is 1. The summed E-state index contributed by atoms with van der Waals surface area (Å²) in [6.45, 7) is 4.13. The largest absolute Gasteiger partial charge is 0.472 e. The molecule has 1 unspecified atom stereocenters. The Morgan fingerprint density at radius 2 is 1.90 bits per heavy atom. The van der Waals surface area contributed by atoms with Crippen molar-refractivity contribution in [3.05, 3.63) is 83.1 Å². The zero-order chi connectivity index (χ0) is 29.0. The van der Waals surface area contributed by atoms with Gasteiger partial charge in [0.05, 0.1) is 17.3 Å². The molecular formula is C32H30FN5O3Si. The van der Waals surface area contributed by atoms with Crippen molar-refractivity contribution in [2.75, 3.05) is 24.5 Å². The molecule has 7 rings (SSSR count). The Hall–Kier alpha value is -4.27. The van der Waals surface area contributed by atoms with Crippen molar-refractivity contribution in [1.29, 1.82) is 0 Å². The maximum atomic E-state index is 15.5. The SMILES string of the molecule is C[C@@H]1c2ccccc2CCN1C(=O)c1cc2cc(-c3ccc(N4CCC([Si]#CC(=O)O)C4)cc3F)nn2c(C2CC2)n1. The highest BCUT2D eigenvalue weighted by Gasteiger charge is 2.33. The number of carboxylic acids is 1. The minimum absolute atomic E-state index is 0.0438. The van der Waals surface area contributed by atoms with Gasteiger partial charge in [0.15, 0.2) is 0 Å². The maximum absolute atomic E-state index is 15.5. The van der Waals surface area contributed by atoms with Gasteiger partial charge in [-0.15, -0.1) is 0 Å². The zero-order valence-corrected chi connectivity index (χ0v) is 24.3. The fourth-order valence-corrected chi connectivity index (χ4v) is 7.17. The average Bonchev–Trinajstić information content (AvgIpc) is 3.56. The number of carboxylic acid groups (broad SMARTS) is 1. The van der Waals surface area contributed by atoms with Gasteiger partial charge >= 0.3 is 5.97 Å². The van der Waals surface area contributed by atoms with Gasteiger partial charge in [-0.25, -0.2) is 18.7 Å². The van der Waals surface area contributed by atoms with Crippen molar-refractivity contribution in [2.45, 2.75) is 50.1 Å². The van der Waals surface area contributed by atoms with Crippen molar-refractivity contribution in [3.63, 3.8) is 0 Å². The van der Waals surface area contributed by atoms with Gasteiger partial charge in [-0.1, -0.05) is 24.3 Å². The lowest BCUT2D eigenvalue weighted by Gasteiger charge is -2.35. The van der Waals surface area contributed by atoms with Crippen LogP contribution >= 0.6 is 0 Å². The third-order valence-electron chi connectivity index (χ3n) is 8.66. The lowest BCUT2D eigenvalue weighted by Crippen LogP contribution is -2.39. The number of carbonyl (C=O) groups excluding carboxylic acids is 1. The number of nitrogens with zero attached hydrogens (tertiary/aromatic N) is 5. The normalized spacial score (nSPS) is 19.9. The number of fused-ring (bicyclic) bond motifs is 2. The van der Waals surface area contributed by atoms with Crippen LogP contribution in [0.3, 0.4) is 0 Å². The Morgan fingerprint density at radius 3 is 2.69 bits per heavy atom. The number of amides is 1. The lowest BCUT2D eigenvalue weighted by atomic mass is 9.93. The van der Waals surface area contributed by atoms with Crippen LogP contribution in [0.2, 0.25) is 5.54 Å². The highest BCUT2D eigenvalue weighted by molar-refractivity contribution is 6.32. The van der Waals surface area contributed by atoms with Crippen LogP contribution in [0.1, 0.15) is 65.6 Å². The molecule has 212 valence electrons. The fraction of sp³-hybridized carbons (Fsp3) is 0.344. The van der Waals surface area contributed by atoms with Gasteiger partial charge in [-0.2, -0.15) is 5.10 Å². The Labute approximate surface area is 244 Å². The predicted octanol–water partition coefficient (Wildman–Crippen LogP) is 4.92. The average molecular weight is 580 g/mol. The number of benzene rings is 2. The summed E-state index contributed by atoms with van der Waals surface area (Å²) in [6, 6.07) is 17.0. The molecule has 42 heavy (non-hydrogen) atoms. The van der Waals surface area contributed by atoms with E-state index in [0.29, 0.717) is 30.0 Å². The second-order valence-corrected chi connectivity index (χ2v) is 12.8. The summed E-state index contributed by atoms with van der Waals surface area (Å²) in [5.41, 5.74) is 7.94. The first-order chi connectivity index (χ1) is 20.4. The van der Waals surface area contributed by atoms with Gasteiger partial charge in [0.1, 0.15) is 17.3 Å². The Morgan fingerprint density at radius 1 is 1.07 bits per heavy atom. The number of aromatic nitrogens is 3. The predicted molar refractivity (Wildman–Crippen MR) is 158 cm³/mol. The molecule has 2 aromatic heterocycles. The van der Waals surface area contributed by atoms with Crippen LogP contribution < -0.4 is 4.90 Å². The molecule has 2 atom stereocenters. The number of aliphatic carboxylic acids is 1. The molecule has 1 saturated heterocycles. The number of anilines is 1. The van der Waals surface area contributed by atoms with E-state index in [2.05, 4.69) is 29.5 Å². The van der Waals surface area contributed by atoms with Crippen LogP contribution in [0.5, 0.6) is 0 Å². The number of rotatable bonds is 4. The van der Waals surface area contributed by atoms with Gasteiger partial charge in [0.25, 0.3) is 5.91 Å². The molecule has 8 nitrogen and oxygen atoms in total. The van der Waals surface area contributed by atoms with E-state index >= 15 is 4.39 Å². The number of carbonyl (C=O) groups is 2. The van der Waals surface area contributed by atoms with Crippen molar-refractivity contribution in [1.82, 2.24) is 19.5 Å². The summed E-state index contributed by atoms with van der Waals surface area (Å²) in [6.07, 6.45) is 3.65. The molecule has 1 saturated carbocycles. The summed E-state index contributed by atoms with van der Waals surface area (Å²) in [4.78, 5) is 33.4. The molecule has 4 aromatic rings. The van der Waals surface area contributed by atoms with Gasteiger partial charge < -0.3 is 14.9 Å². The molecule has 0 spiro atoms. The van der Waals surface area contributed by atoms with E-state index in [4.69, 9.17) is 15.2 Å². The van der Waals surface area contributed by atoms with Crippen molar-refractivity contribution in [2.24, 2.45) is 0 Å². The van der Waals surface area contributed by atoms with Gasteiger partial charge in [-0.3, -0.25) is 4.79 Å². The molecule has 2 aliphatic heterocycles. The van der Waals surface area contributed by atoms with Crippen LogP contribution in [0, 0.1) is 11.3 Å². The van der Waals surface area contributed by atoms with Crippen molar-refractivity contribution < 1.29 is 19.1 Å². The van der Waals surface area contributed by atoms with Crippen molar-refractivity contribution in [3.8, 4) is 16.8 Å². The summed E-state index contributed by atoms with van der Waals surface area (Å²) < 4.78 is 17.3. The van der Waals surface area contributed by atoms with Crippen LogP contribution in [0.4, 0.5) is 10.1 Å². The minimum Gasteiger partial charge on any atom is -0.472 e. The van der Waals surface area contributed by atoms with E-state index in [1.807, 2.05) is 29.2 Å². The Bertz CT molecular complexity index is 1810. The molecule has 0 radical (unpaired) electrons. The highest BCUT2D eigenvalue weighted by Crippen LogP contribution is 2.40. The first-order valence-electron chi connectivity index (χ1n) is 14.4. The quantitative estimate of drug-likeness (QED) is 0.345. The second-order valence-electron chi connectivity index (χ2n) is 11.4. The Kier molecular flexibility index (Phi) is 6.67. The monoisotopic (exact) mass is 579 g/mol. The van der Waals surface area contributed by atoms with Crippen LogP contribution in [-0.2, 0) is 11.2 Å². The van der Waals surface area contributed by atoms with Gasteiger partial charge in [-0.05, 0) is 79.6 Å². The Balaban J connectivity index is 1.18. The second kappa shape index (κ2) is 10.5. The summed E-state index contributed by atoms with van der Waals surface area (Å²) in [7, 11) is 0.123. The molecule has 0 bridgehead atoms. The van der Waals surface area contributed by atoms with Crippen LogP contribution in [0.25, 0.3) is 16.8 Å². The standard InChI is InChI=1S/C32H30FN5O3Si/c1-19-25-5-3-2-4-20(25)10-13-37(19)32(41)29-16-23-15-28(35-38(23)31(34-29)21-6-7-21)26-9-8-22(14-27(26)33)36-12-11-24(17-36)42-18-30(39)40/h2-5,8-9,14-16,19,21,24H,6-7,10-13,17H2,1H3,(H,39,40)/t19-,24?/m1/s1. The maximum Gasteiger partial charge on any atom is 0.374 e. The fourth-order valence-electron chi connectivity index (χ4n) is 6.25. The molecular weight excluding hydrogens is 549 g/mol. The third-order valence-corrected chi connectivity index (χ3v) is 9.89. The topological polar surface area (TPSA) is 91.0 Å². The smallest absolute Gasteiger partial charge is 0.374 e. The molecule has 1 amide bonds. The summed E-state index contributed by atoms with van der Waals surface area (Å²) >= 11 is 0. The van der Waals surface area contributed by atoms with E-state index < -0.39 is 5.97 Å². The van der Waals surface area contributed by atoms with Crippen LogP contribution in [-0.4, -0.2) is 65.1 Å². The van der Waals surface area contributed by atoms with E-state index in [1.54, 1.807) is 16.6 Å². The zero-order valence-electron chi connectivity index (χ0n) is 23.3. The van der Waals surface area contributed by atoms with Crippen molar-refractivity contribution >= 4 is 32.0 Å². The molecule has 1 aliphatic carbocycles. The number of halogens is 1. The molecule has 2 aromatic carbocycles. The first-order valence-corrected chi connectivity index (χ1v) is 15.5. The first kappa shape index (κ1) is 26.6. The number of hydrogen-bond acceptors (Lipinski definition) is 5. The van der Waals surface area contributed by atoms with Crippen LogP contribution in [0.15, 0.2) is 54.6 Å². The van der Waals surface area contributed by atoms with E-state index in [0.717, 1.165) is 49.3 Å². The van der Waals surface area contributed by atoms with E-state index in [1.165, 1.54) is 17.2 Å². The van der Waals surface area contributed by atoms with E-state index in [-0.39, 0.29) is 38.2 Å². The molecule has 3 aliphatic rings. The molecule has 2 fully saturated rings. The van der Waals surface area contributed by atoms with E-state index in [9.17, 15) is 9.59 Å². The summed E-state index contributed by atoms with van der Waals surface area (Å²) in [5, 5.41) is 13.6. The third kappa shape index (κ3) is 4.90. The lowest BCUT2D eigenvalue weighted by molar-refractivity contribution is -0.130. The summed E-state index contributed by atoms with van der Waals surface area (Å²) in [5.74, 6) is -0.494. The highest BCUT2D eigenvalue weighted by atomic mass is 28.2. The molecule has 10 heteroatoms. The van der Waals surface area contributed by atoms with Gasteiger partial charge in [0, 0.05) is 51.3 Å². The van der Waals surface area contributed by atoms with Gasteiger partial charge in [0.2, 0.25) is 0 Å². The molecule has 4 heterocycles.